The maximum atomic E-state index is 5.82. The van der Waals surface area contributed by atoms with Gasteiger partial charge < -0.3 is 14.6 Å². The quantitative estimate of drug-likeness (QED) is 0.803. The predicted octanol–water partition coefficient (Wildman–Crippen LogP) is 2.79. The summed E-state index contributed by atoms with van der Waals surface area (Å²) in [6, 6.07) is 8.39. The van der Waals surface area contributed by atoms with Crippen LogP contribution in [0.4, 0.5) is 5.88 Å². The van der Waals surface area contributed by atoms with Crippen LogP contribution in [-0.4, -0.2) is 27.2 Å². The number of nitrogens with zero attached hydrogens (tertiary/aromatic N) is 1. The lowest BCUT2D eigenvalue weighted by molar-refractivity contribution is 0.587. The van der Waals surface area contributed by atoms with Crippen LogP contribution >= 0.6 is 0 Å². The van der Waals surface area contributed by atoms with Crippen LogP contribution in [0.3, 0.4) is 0 Å². The first-order valence-corrected chi connectivity index (χ1v) is 6.06. The first kappa shape index (κ1) is 12.0. The summed E-state index contributed by atoms with van der Waals surface area (Å²) in [6.45, 7) is 4.13. The highest BCUT2D eigenvalue weighted by molar-refractivity contribution is 5.81. The van der Waals surface area contributed by atoms with Crippen LogP contribution in [-0.2, 0) is 0 Å². The lowest BCUT2D eigenvalue weighted by atomic mass is 10.2. The average molecular weight is 232 g/mol. The molecule has 0 amide bonds. The molecule has 0 aliphatic rings. The Hall–Kier alpha value is -1.48. The Morgan fingerprint density at radius 3 is 2.88 bits per heavy atom. The summed E-state index contributed by atoms with van der Waals surface area (Å²) in [5.74, 6) is 0.946. The van der Waals surface area contributed by atoms with E-state index in [0.717, 1.165) is 31.0 Å². The number of furan rings is 1. The van der Waals surface area contributed by atoms with Crippen LogP contribution in [0.1, 0.15) is 12.0 Å². The summed E-state index contributed by atoms with van der Waals surface area (Å²) in [5, 5.41) is 4.33. The summed E-state index contributed by atoms with van der Waals surface area (Å²) < 4.78 is 5.82. The van der Waals surface area contributed by atoms with Crippen LogP contribution < -0.4 is 10.2 Å². The zero-order chi connectivity index (χ0) is 12.3. The first-order chi connectivity index (χ1) is 8.20. The number of hydrogen-bond donors (Lipinski definition) is 1. The van der Waals surface area contributed by atoms with Crippen molar-refractivity contribution in [3.05, 3.63) is 29.8 Å². The Labute approximate surface area is 102 Å². The molecule has 3 nitrogen and oxygen atoms in total. The normalized spacial score (nSPS) is 11.0. The van der Waals surface area contributed by atoms with Crippen molar-refractivity contribution in [2.45, 2.75) is 13.3 Å². The largest absolute Gasteiger partial charge is 0.441 e. The molecule has 0 saturated carbocycles. The molecule has 0 aliphatic carbocycles. The second kappa shape index (κ2) is 5.23. The van der Waals surface area contributed by atoms with Crippen molar-refractivity contribution in [2.24, 2.45) is 0 Å². The number of fused-ring (bicyclic) bond motifs is 1. The molecule has 0 saturated heterocycles. The van der Waals surface area contributed by atoms with Gasteiger partial charge in [-0.15, -0.1) is 0 Å². The van der Waals surface area contributed by atoms with Gasteiger partial charge in [0.2, 0.25) is 0 Å². The molecule has 1 aromatic carbocycles. The summed E-state index contributed by atoms with van der Waals surface area (Å²) >= 11 is 0. The van der Waals surface area contributed by atoms with Gasteiger partial charge >= 0.3 is 0 Å². The highest BCUT2D eigenvalue weighted by Gasteiger charge is 2.07. The number of nitrogens with one attached hydrogen (secondary N) is 1. The van der Waals surface area contributed by atoms with Gasteiger partial charge in [0, 0.05) is 25.0 Å². The minimum Gasteiger partial charge on any atom is -0.441 e. The van der Waals surface area contributed by atoms with Crippen LogP contribution in [0.25, 0.3) is 11.0 Å². The fourth-order valence-electron chi connectivity index (χ4n) is 1.94. The van der Waals surface area contributed by atoms with Gasteiger partial charge in [0.15, 0.2) is 5.88 Å². The number of benzene rings is 1. The molecule has 1 heterocycles. The molecule has 1 N–H and O–H groups in total. The Morgan fingerprint density at radius 2 is 2.12 bits per heavy atom. The lowest BCUT2D eigenvalue weighted by Gasteiger charge is -2.15. The Kier molecular flexibility index (Phi) is 3.69. The smallest absolute Gasteiger partial charge is 0.196 e. The van der Waals surface area contributed by atoms with Crippen LogP contribution in [0.2, 0.25) is 0 Å². The number of aryl methyl sites for hydroxylation is 1. The van der Waals surface area contributed by atoms with Crippen molar-refractivity contribution < 1.29 is 4.42 Å². The van der Waals surface area contributed by atoms with Crippen molar-refractivity contribution in [2.75, 3.05) is 32.1 Å². The standard InChI is InChI=1S/C14H20N2O/c1-11-5-6-13-12(9-11)10-14(17-13)16(3)8-4-7-15-2/h5-6,9-10,15H,4,7-8H2,1-3H3. The van der Waals surface area contributed by atoms with Gasteiger partial charge in [0.25, 0.3) is 0 Å². The molecule has 2 aromatic rings. The third-order valence-corrected chi connectivity index (χ3v) is 2.96. The molecule has 0 spiro atoms. The fourth-order valence-corrected chi connectivity index (χ4v) is 1.94. The van der Waals surface area contributed by atoms with Gasteiger partial charge in [-0.3, -0.25) is 0 Å². The SMILES string of the molecule is CNCCCN(C)c1cc2cc(C)ccc2o1. The number of rotatable bonds is 5. The highest BCUT2D eigenvalue weighted by atomic mass is 16.4. The average Bonchev–Trinajstić information content (AvgIpc) is 2.72. The number of anilines is 1. The van der Waals surface area contributed by atoms with E-state index in [4.69, 9.17) is 4.42 Å². The minimum absolute atomic E-state index is 0.946. The topological polar surface area (TPSA) is 28.4 Å². The summed E-state index contributed by atoms with van der Waals surface area (Å²) in [5.41, 5.74) is 2.23. The summed E-state index contributed by atoms with van der Waals surface area (Å²) in [7, 11) is 4.05. The third-order valence-electron chi connectivity index (χ3n) is 2.96. The lowest BCUT2D eigenvalue weighted by Crippen LogP contribution is -2.21. The Bertz CT molecular complexity index is 490. The molecule has 3 heteroatoms. The van der Waals surface area contributed by atoms with E-state index in [-0.39, 0.29) is 0 Å². The molecule has 0 fully saturated rings. The van der Waals surface area contributed by atoms with Gasteiger partial charge in [-0.05, 0) is 39.1 Å². The molecule has 2 rings (SSSR count). The van der Waals surface area contributed by atoms with E-state index in [2.05, 4.69) is 42.4 Å². The van der Waals surface area contributed by atoms with Gasteiger partial charge in [0.05, 0.1) is 0 Å². The van der Waals surface area contributed by atoms with Crippen LogP contribution in [0, 0.1) is 6.92 Å². The Morgan fingerprint density at radius 1 is 1.29 bits per heavy atom. The molecule has 17 heavy (non-hydrogen) atoms. The predicted molar refractivity (Wildman–Crippen MR) is 72.8 cm³/mol. The van der Waals surface area contributed by atoms with Gasteiger partial charge in [0.1, 0.15) is 5.58 Å². The van der Waals surface area contributed by atoms with E-state index < -0.39 is 0 Å². The molecule has 0 radical (unpaired) electrons. The second-order valence-corrected chi connectivity index (χ2v) is 4.50. The third kappa shape index (κ3) is 2.80. The van der Waals surface area contributed by atoms with Crippen molar-refractivity contribution in [3.63, 3.8) is 0 Å². The van der Waals surface area contributed by atoms with Crippen molar-refractivity contribution in [3.8, 4) is 0 Å². The molecule has 0 aliphatic heterocycles. The van der Waals surface area contributed by atoms with Crippen molar-refractivity contribution in [1.29, 1.82) is 0 Å². The van der Waals surface area contributed by atoms with E-state index >= 15 is 0 Å². The Balaban J connectivity index is 2.12. The molecule has 92 valence electrons. The highest BCUT2D eigenvalue weighted by Crippen LogP contribution is 2.26. The maximum absolute atomic E-state index is 5.82. The molecule has 0 bridgehead atoms. The van der Waals surface area contributed by atoms with E-state index in [0.29, 0.717) is 0 Å². The molecular weight excluding hydrogens is 212 g/mol. The molecule has 1 aromatic heterocycles. The monoisotopic (exact) mass is 232 g/mol. The van der Waals surface area contributed by atoms with Crippen LogP contribution in [0.15, 0.2) is 28.7 Å². The van der Waals surface area contributed by atoms with Gasteiger partial charge in [-0.2, -0.15) is 0 Å². The first-order valence-electron chi connectivity index (χ1n) is 6.06. The zero-order valence-corrected chi connectivity index (χ0v) is 10.8. The molecular formula is C14H20N2O. The zero-order valence-electron chi connectivity index (χ0n) is 10.8. The number of hydrogen-bond acceptors (Lipinski definition) is 3. The summed E-state index contributed by atoms with van der Waals surface area (Å²) in [6.07, 6.45) is 1.11. The van der Waals surface area contributed by atoms with Crippen LogP contribution in [0.5, 0.6) is 0 Å². The van der Waals surface area contributed by atoms with E-state index in [1.807, 2.05) is 13.1 Å². The minimum atomic E-state index is 0.946. The van der Waals surface area contributed by atoms with Crippen molar-refractivity contribution >= 4 is 16.9 Å². The molecule has 0 atom stereocenters. The van der Waals surface area contributed by atoms with E-state index in [1.54, 1.807) is 0 Å². The maximum Gasteiger partial charge on any atom is 0.196 e. The fraction of sp³-hybridized carbons (Fsp3) is 0.429. The van der Waals surface area contributed by atoms with Gasteiger partial charge in [-0.25, -0.2) is 0 Å². The molecule has 0 unspecified atom stereocenters. The second-order valence-electron chi connectivity index (χ2n) is 4.50. The summed E-state index contributed by atoms with van der Waals surface area (Å²) in [4.78, 5) is 2.16. The van der Waals surface area contributed by atoms with E-state index in [1.165, 1.54) is 10.9 Å². The van der Waals surface area contributed by atoms with Crippen molar-refractivity contribution in [1.82, 2.24) is 5.32 Å². The van der Waals surface area contributed by atoms with E-state index in [9.17, 15) is 0 Å². The van der Waals surface area contributed by atoms with Gasteiger partial charge in [-0.1, -0.05) is 11.6 Å².